The summed E-state index contributed by atoms with van der Waals surface area (Å²) < 4.78 is 11.2. The summed E-state index contributed by atoms with van der Waals surface area (Å²) in [5.41, 5.74) is 2.07. The van der Waals surface area contributed by atoms with Crippen molar-refractivity contribution in [3.63, 3.8) is 0 Å². The number of rotatable bonds is 2. The predicted octanol–water partition coefficient (Wildman–Crippen LogP) is 3.89. The van der Waals surface area contributed by atoms with Gasteiger partial charge in [0.25, 0.3) is 5.91 Å². The molecule has 21 heavy (non-hydrogen) atoms. The first kappa shape index (κ1) is 14.2. The highest BCUT2D eigenvalue weighted by atomic mass is 79.9. The maximum Gasteiger partial charge on any atom is 0.294 e. The van der Waals surface area contributed by atoms with Gasteiger partial charge in [-0.1, -0.05) is 13.0 Å². The highest BCUT2D eigenvalue weighted by Gasteiger charge is 2.29. The Kier molecular flexibility index (Phi) is 3.76. The maximum atomic E-state index is 12.7. The number of hydrogen-bond acceptors (Lipinski definition) is 3. The molecule has 3 rings (SSSR count). The molecule has 110 valence electrons. The van der Waals surface area contributed by atoms with Crippen LogP contribution in [-0.2, 0) is 6.42 Å². The molecule has 0 spiro atoms. The topological polar surface area (TPSA) is 42.7 Å². The van der Waals surface area contributed by atoms with E-state index in [0.717, 1.165) is 23.4 Å². The number of hydrogen-bond donors (Lipinski definition) is 0. The molecule has 1 aromatic carbocycles. The van der Waals surface area contributed by atoms with Crippen molar-refractivity contribution >= 4 is 27.5 Å². The summed E-state index contributed by atoms with van der Waals surface area (Å²) >= 11 is 3.23. The molecule has 0 saturated heterocycles. The molecule has 0 N–H and O–H groups in total. The summed E-state index contributed by atoms with van der Waals surface area (Å²) in [5, 5.41) is 0. The number of amides is 1. The average molecular weight is 350 g/mol. The van der Waals surface area contributed by atoms with Gasteiger partial charge in [0.15, 0.2) is 10.4 Å². The Morgan fingerprint density at radius 1 is 1.38 bits per heavy atom. The predicted molar refractivity (Wildman–Crippen MR) is 83.9 cm³/mol. The zero-order chi connectivity index (χ0) is 15.0. The molecule has 1 atom stereocenters. The molecule has 0 radical (unpaired) electrons. The van der Waals surface area contributed by atoms with E-state index in [1.807, 2.05) is 18.2 Å². The second kappa shape index (κ2) is 5.56. The van der Waals surface area contributed by atoms with Crippen LogP contribution < -0.4 is 9.64 Å². The van der Waals surface area contributed by atoms with Crippen LogP contribution in [0.3, 0.4) is 0 Å². The summed E-state index contributed by atoms with van der Waals surface area (Å²) in [7, 11) is 1.63. The quantitative estimate of drug-likeness (QED) is 0.825. The lowest BCUT2D eigenvalue weighted by atomic mass is 9.93. The molecule has 2 aromatic rings. The van der Waals surface area contributed by atoms with Crippen molar-refractivity contribution in [1.82, 2.24) is 0 Å². The van der Waals surface area contributed by atoms with Crippen LogP contribution in [0, 0.1) is 5.92 Å². The lowest BCUT2D eigenvalue weighted by Gasteiger charge is -2.32. The van der Waals surface area contributed by atoms with E-state index in [9.17, 15) is 4.79 Å². The third kappa shape index (κ3) is 2.70. The fourth-order valence-corrected chi connectivity index (χ4v) is 3.01. The normalized spacial score (nSPS) is 17.5. The number of carbonyl (C=O) groups excluding carboxylic acids is 1. The second-order valence-electron chi connectivity index (χ2n) is 5.32. The molecule has 4 nitrogen and oxygen atoms in total. The van der Waals surface area contributed by atoms with E-state index in [2.05, 4.69) is 22.9 Å². The number of anilines is 1. The highest BCUT2D eigenvalue weighted by Crippen LogP contribution is 2.34. The monoisotopic (exact) mass is 349 g/mol. The summed E-state index contributed by atoms with van der Waals surface area (Å²) in [5.74, 6) is 1.38. The number of benzene rings is 1. The van der Waals surface area contributed by atoms with Crippen LogP contribution in [0.2, 0.25) is 0 Å². The van der Waals surface area contributed by atoms with Crippen LogP contribution in [0.5, 0.6) is 5.75 Å². The molecule has 1 unspecified atom stereocenters. The molecule has 0 bridgehead atoms. The van der Waals surface area contributed by atoms with Gasteiger partial charge in [-0.15, -0.1) is 0 Å². The largest absolute Gasteiger partial charge is 0.497 e. The molecule has 2 heterocycles. The zero-order valence-corrected chi connectivity index (χ0v) is 13.5. The summed E-state index contributed by atoms with van der Waals surface area (Å²) in [4.78, 5) is 14.5. The van der Waals surface area contributed by atoms with Crippen molar-refractivity contribution in [2.75, 3.05) is 18.6 Å². The van der Waals surface area contributed by atoms with Gasteiger partial charge >= 0.3 is 0 Å². The first-order valence-corrected chi connectivity index (χ1v) is 7.62. The molecule has 1 aromatic heterocycles. The number of carbonyl (C=O) groups is 1. The summed E-state index contributed by atoms with van der Waals surface area (Å²) in [6.45, 7) is 2.82. The molecule has 5 heteroatoms. The Morgan fingerprint density at radius 2 is 2.19 bits per heavy atom. The first-order chi connectivity index (χ1) is 10.1. The van der Waals surface area contributed by atoms with E-state index >= 15 is 0 Å². The fourth-order valence-electron chi connectivity index (χ4n) is 2.70. The van der Waals surface area contributed by atoms with Gasteiger partial charge in [-0.05, 0) is 52.0 Å². The van der Waals surface area contributed by atoms with E-state index in [1.165, 1.54) is 0 Å². The second-order valence-corrected chi connectivity index (χ2v) is 6.11. The minimum atomic E-state index is -0.123. The zero-order valence-electron chi connectivity index (χ0n) is 11.9. The molecule has 0 aliphatic carbocycles. The minimum Gasteiger partial charge on any atom is -0.497 e. The third-order valence-corrected chi connectivity index (χ3v) is 4.10. The standard InChI is InChI=1S/C16H16BrNO3/c1-10-7-11-3-4-12(20-2)8-13(11)18(9-10)16(19)14-5-6-15(17)21-14/h3-6,8,10H,7,9H2,1-2H3. The SMILES string of the molecule is COc1ccc2c(c1)N(C(=O)c1ccc(Br)o1)CC(C)C2. The molecular weight excluding hydrogens is 334 g/mol. The molecule has 1 aliphatic heterocycles. The Bertz CT molecular complexity index is 680. The lowest BCUT2D eigenvalue weighted by molar-refractivity contribution is 0.0953. The number of nitrogens with zero attached hydrogens (tertiary/aromatic N) is 1. The number of furan rings is 1. The summed E-state index contributed by atoms with van der Waals surface area (Å²) in [6.07, 6.45) is 0.963. The van der Waals surface area contributed by atoms with Gasteiger partial charge in [0.2, 0.25) is 0 Å². The van der Waals surface area contributed by atoms with Gasteiger partial charge in [0.1, 0.15) is 5.75 Å². The van der Waals surface area contributed by atoms with Crippen molar-refractivity contribution in [1.29, 1.82) is 0 Å². The van der Waals surface area contributed by atoms with Crippen molar-refractivity contribution in [2.24, 2.45) is 5.92 Å². The molecule has 0 fully saturated rings. The van der Waals surface area contributed by atoms with Crippen molar-refractivity contribution in [3.05, 3.63) is 46.3 Å². The van der Waals surface area contributed by atoms with Gasteiger partial charge < -0.3 is 14.1 Å². The first-order valence-electron chi connectivity index (χ1n) is 6.82. The van der Waals surface area contributed by atoms with Crippen molar-refractivity contribution in [3.8, 4) is 5.75 Å². The van der Waals surface area contributed by atoms with Crippen LogP contribution >= 0.6 is 15.9 Å². The Hall–Kier alpha value is -1.75. The Morgan fingerprint density at radius 3 is 2.86 bits per heavy atom. The van der Waals surface area contributed by atoms with Crippen LogP contribution in [0.25, 0.3) is 0 Å². The number of halogens is 1. The van der Waals surface area contributed by atoms with Gasteiger partial charge in [-0.25, -0.2) is 0 Å². The van der Waals surface area contributed by atoms with E-state index in [-0.39, 0.29) is 5.91 Å². The molecule has 1 amide bonds. The van der Waals surface area contributed by atoms with Gasteiger partial charge in [0.05, 0.1) is 12.8 Å². The number of ether oxygens (including phenoxy) is 1. The molecule has 0 saturated carbocycles. The van der Waals surface area contributed by atoms with E-state index in [0.29, 0.717) is 22.9 Å². The molecule has 1 aliphatic rings. The van der Waals surface area contributed by atoms with Gasteiger partial charge in [0, 0.05) is 12.6 Å². The minimum absolute atomic E-state index is 0.123. The fraction of sp³-hybridized carbons (Fsp3) is 0.312. The van der Waals surface area contributed by atoms with E-state index < -0.39 is 0 Å². The maximum absolute atomic E-state index is 12.7. The third-order valence-electron chi connectivity index (χ3n) is 3.68. The Balaban J connectivity index is 2.01. The van der Waals surface area contributed by atoms with Crippen LogP contribution in [0.15, 0.2) is 39.4 Å². The lowest BCUT2D eigenvalue weighted by Crippen LogP contribution is -2.39. The summed E-state index contributed by atoms with van der Waals surface area (Å²) in [6, 6.07) is 9.29. The van der Waals surface area contributed by atoms with Crippen molar-refractivity contribution in [2.45, 2.75) is 13.3 Å². The average Bonchev–Trinajstić information content (AvgIpc) is 2.91. The number of methoxy groups -OCH3 is 1. The van der Waals surface area contributed by atoms with Gasteiger partial charge in [-0.3, -0.25) is 4.79 Å². The van der Waals surface area contributed by atoms with E-state index in [1.54, 1.807) is 24.1 Å². The van der Waals surface area contributed by atoms with Crippen LogP contribution in [0.1, 0.15) is 23.0 Å². The molecular formula is C16H16BrNO3. The Labute approximate surface area is 131 Å². The highest BCUT2D eigenvalue weighted by molar-refractivity contribution is 9.10. The van der Waals surface area contributed by atoms with E-state index in [4.69, 9.17) is 9.15 Å². The smallest absolute Gasteiger partial charge is 0.294 e. The van der Waals surface area contributed by atoms with Crippen LogP contribution in [-0.4, -0.2) is 19.6 Å². The van der Waals surface area contributed by atoms with Gasteiger partial charge in [-0.2, -0.15) is 0 Å². The van der Waals surface area contributed by atoms with Crippen LogP contribution in [0.4, 0.5) is 5.69 Å². The number of fused-ring (bicyclic) bond motifs is 1. The van der Waals surface area contributed by atoms with Crippen molar-refractivity contribution < 1.29 is 13.9 Å².